The number of rotatable bonds is 5. The summed E-state index contributed by atoms with van der Waals surface area (Å²) in [5.74, 6) is -2.34. The molecule has 0 aliphatic heterocycles. The van der Waals surface area contributed by atoms with Crippen molar-refractivity contribution in [3.63, 3.8) is 0 Å². The van der Waals surface area contributed by atoms with Crippen LogP contribution in [0.2, 0.25) is 0 Å². The summed E-state index contributed by atoms with van der Waals surface area (Å²) in [5.41, 5.74) is 6.19. The van der Waals surface area contributed by atoms with Crippen molar-refractivity contribution in [1.82, 2.24) is 4.90 Å². The second-order valence-corrected chi connectivity index (χ2v) is 5.57. The molecule has 1 heterocycles. The normalized spacial score (nSPS) is 13.1. The second-order valence-electron chi connectivity index (χ2n) is 4.43. The number of fused-ring (bicyclic) bond motifs is 1. The van der Waals surface area contributed by atoms with Crippen molar-refractivity contribution in [3.8, 4) is 0 Å². The van der Waals surface area contributed by atoms with Crippen LogP contribution in [0.25, 0.3) is 0 Å². The van der Waals surface area contributed by atoms with E-state index in [1.807, 2.05) is 0 Å². The number of primary amides is 1. The number of carbonyl (C=O) groups excluding carboxylic acids is 2. The number of carboxylic acids is 1. The minimum atomic E-state index is -1.17. The van der Waals surface area contributed by atoms with Crippen LogP contribution >= 0.6 is 11.3 Å². The van der Waals surface area contributed by atoms with Crippen LogP contribution in [0.15, 0.2) is 6.07 Å². The van der Waals surface area contributed by atoms with Crippen molar-refractivity contribution >= 4 is 29.1 Å². The minimum absolute atomic E-state index is 0.381. The van der Waals surface area contributed by atoms with Crippen molar-refractivity contribution < 1.29 is 19.5 Å². The second kappa shape index (κ2) is 5.40. The van der Waals surface area contributed by atoms with Gasteiger partial charge in [0, 0.05) is 4.88 Å². The summed E-state index contributed by atoms with van der Waals surface area (Å²) in [6.45, 7) is -0.905. The molecule has 19 heavy (non-hydrogen) atoms. The monoisotopic (exact) mass is 282 g/mol. The van der Waals surface area contributed by atoms with E-state index in [0.717, 1.165) is 29.7 Å². The first-order chi connectivity index (χ1) is 8.97. The van der Waals surface area contributed by atoms with Gasteiger partial charge in [0.1, 0.15) is 13.1 Å². The molecule has 0 saturated heterocycles. The SMILES string of the molecule is NC(=O)CN(CC(=O)O)C(=O)c1cc2c(s1)CCC2. The van der Waals surface area contributed by atoms with Gasteiger partial charge < -0.3 is 15.7 Å². The van der Waals surface area contributed by atoms with Gasteiger partial charge in [-0.2, -0.15) is 0 Å². The summed E-state index contributed by atoms with van der Waals surface area (Å²) in [6.07, 6.45) is 3.01. The van der Waals surface area contributed by atoms with Crippen molar-refractivity contribution in [2.75, 3.05) is 13.1 Å². The highest BCUT2D eigenvalue weighted by Crippen LogP contribution is 2.31. The summed E-state index contributed by atoms with van der Waals surface area (Å²) in [7, 11) is 0. The number of nitrogens with zero attached hydrogens (tertiary/aromatic N) is 1. The molecule has 1 aromatic heterocycles. The van der Waals surface area contributed by atoms with Crippen molar-refractivity contribution in [1.29, 1.82) is 0 Å². The van der Waals surface area contributed by atoms with E-state index in [1.54, 1.807) is 6.07 Å². The lowest BCUT2D eigenvalue weighted by molar-refractivity contribution is -0.138. The summed E-state index contributed by atoms with van der Waals surface area (Å²) in [5, 5.41) is 8.77. The molecule has 6 nitrogen and oxygen atoms in total. The first-order valence-electron chi connectivity index (χ1n) is 5.88. The number of hydrogen-bond acceptors (Lipinski definition) is 4. The highest BCUT2D eigenvalue weighted by Gasteiger charge is 2.24. The van der Waals surface area contributed by atoms with E-state index in [9.17, 15) is 14.4 Å². The maximum atomic E-state index is 12.2. The number of carbonyl (C=O) groups is 3. The number of aliphatic carboxylic acids is 1. The molecule has 102 valence electrons. The van der Waals surface area contributed by atoms with E-state index >= 15 is 0 Å². The number of thiophene rings is 1. The van der Waals surface area contributed by atoms with Gasteiger partial charge in [0.15, 0.2) is 0 Å². The molecule has 0 spiro atoms. The fraction of sp³-hybridized carbons (Fsp3) is 0.417. The predicted octanol–water partition coefficient (Wildman–Crippen LogP) is 0.249. The molecule has 3 N–H and O–H groups in total. The summed E-state index contributed by atoms with van der Waals surface area (Å²) in [4.78, 5) is 36.4. The van der Waals surface area contributed by atoms with Crippen LogP contribution in [0.5, 0.6) is 0 Å². The molecule has 2 rings (SSSR count). The molecule has 0 bridgehead atoms. The third-order valence-electron chi connectivity index (χ3n) is 2.92. The third kappa shape index (κ3) is 3.11. The Kier molecular flexibility index (Phi) is 3.84. The summed E-state index contributed by atoms with van der Waals surface area (Å²) in [6, 6.07) is 1.80. The van der Waals surface area contributed by atoms with Crippen LogP contribution in [-0.2, 0) is 22.4 Å². The lowest BCUT2D eigenvalue weighted by atomic mass is 10.2. The van der Waals surface area contributed by atoms with Crippen LogP contribution in [0.1, 0.15) is 26.5 Å². The Balaban J connectivity index is 2.17. The minimum Gasteiger partial charge on any atom is -0.480 e. The van der Waals surface area contributed by atoms with Gasteiger partial charge in [-0.15, -0.1) is 11.3 Å². The standard InChI is InChI=1S/C12H14N2O4S/c13-10(15)5-14(6-11(16)17)12(18)9-4-7-2-1-3-8(7)19-9/h4H,1-3,5-6H2,(H2,13,15)(H,16,17). The van der Waals surface area contributed by atoms with Crippen LogP contribution in [-0.4, -0.2) is 40.9 Å². The van der Waals surface area contributed by atoms with E-state index in [4.69, 9.17) is 10.8 Å². The molecule has 7 heteroatoms. The van der Waals surface area contributed by atoms with Gasteiger partial charge in [0.25, 0.3) is 5.91 Å². The molecule has 0 fully saturated rings. The summed E-state index contributed by atoms with van der Waals surface area (Å²) < 4.78 is 0. The Morgan fingerprint density at radius 1 is 1.32 bits per heavy atom. The van der Waals surface area contributed by atoms with Gasteiger partial charge in [-0.25, -0.2) is 0 Å². The maximum Gasteiger partial charge on any atom is 0.323 e. The number of amides is 2. The van der Waals surface area contributed by atoms with E-state index in [-0.39, 0.29) is 6.54 Å². The first kappa shape index (κ1) is 13.5. The van der Waals surface area contributed by atoms with E-state index in [2.05, 4.69) is 0 Å². The Morgan fingerprint density at radius 2 is 2.05 bits per heavy atom. The molecule has 1 aliphatic carbocycles. The quantitative estimate of drug-likeness (QED) is 0.808. The van der Waals surface area contributed by atoms with Crippen LogP contribution in [0.3, 0.4) is 0 Å². The Morgan fingerprint density at radius 3 is 2.63 bits per heavy atom. The van der Waals surface area contributed by atoms with Gasteiger partial charge in [0.2, 0.25) is 5.91 Å². The molecule has 0 saturated carbocycles. The Labute approximate surface area is 113 Å². The van der Waals surface area contributed by atoms with Gasteiger partial charge >= 0.3 is 5.97 Å². The molecule has 0 aromatic carbocycles. The number of nitrogens with two attached hydrogens (primary N) is 1. The van der Waals surface area contributed by atoms with E-state index in [0.29, 0.717) is 4.88 Å². The third-order valence-corrected chi connectivity index (χ3v) is 4.14. The lowest BCUT2D eigenvalue weighted by Crippen LogP contribution is -2.41. The molecule has 0 unspecified atom stereocenters. The zero-order valence-electron chi connectivity index (χ0n) is 10.2. The lowest BCUT2D eigenvalue weighted by Gasteiger charge is -2.17. The summed E-state index contributed by atoms with van der Waals surface area (Å²) >= 11 is 1.38. The van der Waals surface area contributed by atoms with Gasteiger partial charge in [0.05, 0.1) is 4.88 Å². The average molecular weight is 282 g/mol. The highest BCUT2D eigenvalue weighted by atomic mass is 32.1. The van der Waals surface area contributed by atoms with Crippen molar-refractivity contribution in [2.45, 2.75) is 19.3 Å². The molecular weight excluding hydrogens is 268 g/mol. The average Bonchev–Trinajstić information content (AvgIpc) is 2.85. The van der Waals surface area contributed by atoms with Crippen LogP contribution < -0.4 is 5.73 Å². The predicted molar refractivity (Wildman–Crippen MR) is 69.1 cm³/mol. The molecule has 1 aromatic rings. The van der Waals surface area contributed by atoms with Gasteiger partial charge in [-0.3, -0.25) is 14.4 Å². The molecule has 0 atom stereocenters. The van der Waals surface area contributed by atoms with E-state index in [1.165, 1.54) is 16.2 Å². The largest absolute Gasteiger partial charge is 0.480 e. The fourth-order valence-corrected chi connectivity index (χ4v) is 3.36. The molecule has 2 amide bonds. The van der Waals surface area contributed by atoms with Gasteiger partial charge in [-0.05, 0) is 30.9 Å². The first-order valence-corrected chi connectivity index (χ1v) is 6.70. The van der Waals surface area contributed by atoms with Gasteiger partial charge in [-0.1, -0.05) is 0 Å². The van der Waals surface area contributed by atoms with Crippen molar-refractivity contribution in [2.24, 2.45) is 5.73 Å². The Hall–Kier alpha value is -1.89. The molecule has 0 radical (unpaired) electrons. The number of carboxylic acid groups (broad SMARTS) is 1. The molecular formula is C12H14N2O4S. The zero-order chi connectivity index (χ0) is 14.0. The van der Waals surface area contributed by atoms with Crippen molar-refractivity contribution in [3.05, 3.63) is 21.4 Å². The smallest absolute Gasteiger partial charge is 0.323 e. The van der Waals surface area contributed by atoms with Crippen LogP contribution in [0.4, 0.5) is 0 Å². The Bertz CT molecular complexity index is 500. The van der Waals surface area contributed by atoms with Crippen LogP contribution in [0, 0.1) is 0 Å². The fourth-order valence-electron chi connectivity index (χ4n) is 2.14. The topological polar surface area (TPSA) is 101 Å². The zero-order valence-corrected chi connectivity index (χ0v) is 11.0. The number of hydrogen-bond donors (Lipinski definition) is 2. The van der Waals surface area contributed by atoms with E-state index < -0.39 is 24.3 Å². The maximum absolute atomic E-state index is 12.2. The highest BCUT2D eigenvalue weighted by molar-refractivity contribution is 7.14. The number of aryl methyl sites for hydroxylation is 2. The molecule has 1 aliphatic rings.